The highest BCUT2D eigenvalue weighted by molar-refractivity contribution is 8.93. The van der Waals surface area contributed by atoms with Crippen LogP contribution in [0.15, 0.2) is 16.9 Å². The molecule has 1 aliphatic heterocycles. The van der Waals surface area contributed by atoms with E-state index in [2.05, 4.69) is 35.5 Å². The molecule has 0 atom stereocenters. The van der Waals surface area contributed by atoms with Crippen molar-refractivity contribution in [1.82, 2.24) is 15.5 Å². The first-order chi connectivity index (χ1) is 11.8. The highest BCUT2D eigenvalue weighted by Gasteiger charge is 2.16. The van der Waals surface area contributed by atoms with Gasteiger partial charge in [-0.3, -0.25) is 4.99 Å². The van der Waals surface area contributed by atoms with Gasteiger partial charge in [0.05, 0.1) is 0 Å². The first kappa shape index (κ1) is 24.2. The molecular weight excluding hydrogens is 380 g/mol. The smallest absolute Gasteiger partial charge is 0.199 e. The molecule has 0 spiro atoms. The molecule has 1 aliphatic rings. The summed E-state index contributed by atoms with van der Waals surface area (Å²) in [7, 11) is 0. The lowest BCUT2D eigenvalue weighted by atomic mass is 10.2. The molecule has 25 heavy (non-hydrogen) atoms. The minimum absolute atomic E-state index is 0. The number of rotatable bonds is 14. The van der Waals surface area contributed by atoms with Crippen LogP contribution in [0, 0.1) is 0 Å². The van der Waals surface area contributed by atoms with Gasteiger partial charge in [-0.05, 0) is 25.3 Å². The van der Waals surface area contributed by atoms with Crippen molar-refractivity contribution in [3.05, 3.63) is 11.9 Å². The van der Waals surface area contributed by atoms with Gasteiger partial charge in [0, 0.05) is 32.8 Å². The Morgan fingerprint density at radius 1 is 1.08 bits per heavy atom. The molecule has 1 heterocycles. The average molecular weight is 419 g/mol. The van der Waals surface area contributed by atoms with Crippen LogP contribution < -0.4 is 10.6 Å². The summed E-state index contributed by atoms with van der Waals surface area (Å²) in [5.74, 6) is 2.04. The van der Waals surface area contributed by atoms with E-state index in [0.717, 1.165) is 50.8 Å². The van der Waals surface area contributed by atoms with E-state index in [9.17, 15) is 0 Å². The van der Waals surface area contributed by atoms with E-state index in [1.54, 1.807) is 0 Å². The Hall–Kier alpha value is -0.750. The molecule has 0 unspecified atom stereocenters. The SMILES string of the molecule is Br.CCCCCCN=C1NC(NCCCCCC)=CCN1CCCO. The fraction of sp³-hybridized carbons (Fsp3) is 0.842. The monoisotopic (exact) mass is 418 g/mol. The molecule has 0 bridgehead atoms. The number of aliphatic hydroxyl groups excluding tert-OH is 1. The number of hydrogen-bond acceptors (Lipinski definition) is 3. The van der Waals surface area contributed by atoms with Crippen molar-refractivity contribution in [2.75, 3.05) is 32.8 Å². The predicted octanol–water partition coefficient (Wildman–Crippen LogP) is 3.80. The third-order valence-corrected chi connectivity index (χ3v) is 4.27. The zero-order chi connectivity index (χ0) is 17.5. The molecule has 0 aliphatic carbocycles. The van der Waals surface area contributed by atoms with Crippen LogP contribution >= 0.6 is 17.0 Å². The lowest BCUT2D eigenvalue weighted by Gasteiger charge is -2.31. The maximum atomic E-state index is 9.08. The van der Waals surface area contributed by atoms with Gasteiger partial charge in [-0.15, -0.1) is 17.0 Å². The molecule has 0 aromatic rings. The van der Waals surface area contributed by atoms with Crippen LogP contribution in [0.3, 0.4) is 0 Å². The van der Waals surface area contributed by atoms with Gasteiger partial charge in [-0.25, -0.2) is 0 Å². The van der Waals surface area contributed by atoms with E-state index in [-0.39, 0.29) is 23.6 Å². The van der Waals surface area contributed by atoms with Gasteiger partial charge >= 0.3 is 0 Å². The zero-order valence-electron chi connectivity index (χ0n) is 16.2. The Labute approximate surface area is 165 Å². The Bertz CT molecular complexity index is 374. The van der Waals surface area contributed by atoms with Crippen molar-refractivity contribution in [3.8, 4) is 0 Å². The van der Waals surface area contributed by atoms with Crippen LogP contribution in [0.25, 0.3) is 0 Å². The number of hydrogen-bond donors (Lipinski definition) is 3. The van der Waals surface area contributed by atoms with E-state index in [4.69, 9.17) is 10.1 Å². The minimum atomic E-state index is 0. The predicted molar refractivity (Wildman–Crippen MR) is 113 cm³/mol. The van der Waals surface area contributed by atoms with Gasteiger partial charge in [0.15, 0.2) is 5.96 Å². The van der Waals surface area contributed by atoms with Gasteiger partial charge in [0.1, 0.15) is 5.82 Å². The molecule has 148 valence electrons. The summed E-state index contributed by atoms with van der Waals surface area (Å²) < 4.78 is 0. The van der Waals surface area contributed by atoms with Crippen molar-refractivity contribution in [3.63, 3.8) is 0 Å². The summed E-state index contributed by atoms with van der Waals surface area (Å²) in [6, 6.07) is 0. The Kier molecular flexibility index (Phi) is 16.2. The summed E-state index contributed by atoms with van der Waals surface area (Å²) in [5, 5.41) is 16.0. The first-order valence-electron chi connectivity index (χ1n) is 9.93. The molecule has 5 nitrogen and oxygen atoms in total. The summed E-state index contributed by atoms with van der Waals surface area (Å²) in [6.45, 7) is 8.29. The number of aliphatic hydroxyl groups is 1. The van der Waals surface area contributed by atoms with Gasteiger partial charge in [0.2, 0.25) is 0 Å². The molecule has 0 saturated carbocycles. The topological polar surface area (TPSA) is 59.9 Å². The quantitative estimate of drug-likeness (QED) is 0.375. The molecule has 0 radical (unpaired) electrons. The zero-order valence-corrected chi connectivity index (χ0v) is 17.9. The highest BCUT2D eigenvalue weighted by Crippen LogP contribution is 2.05. The highest BCUT2D eigenvalue weighted by atomic mass is 79.9. The maximum Gasteiger partial charge on any atom is 0.199 e. The van der Waals surface area contributed by atoms with Crippen LogP contribution in [0.2, 0.25) is 0 Å². The number of halogens is 1. The number of guanidine groups is 1. The second-order valence-electron chi connectivity index (χ2n) is 6.52. The molecule has 0 aromatic heterocycles. The van der Waals surface area contributed by atoms with Crippen molar-refractivity contribution in [1.29, 1.82) is 0 Å². The van der Waals surface area contributed by atoms with Gasteiger partial charge in [-0.2, -0.15) is 0 Å². The molecular formula is C19H39BrN4O. The minimum Gasteiger partial charge on any atom is -0.396 e. The average Bonchev–Trinajstić information content (AvgIpc) is 2.60. The summed E-state index contributed by atoms with van der Waals surface area (Å²) in [4.78, 5) is 6.99. The molecule has 0 saturated heterocycles. The normalized spacial score (nSPS) is 15.6. The van der Waals surface area contributed by atoms with E-state index < -0.39 is 0 Å². The van der Waals surface area contributed by atoms with Crippen LogP contribution in [-0.2, 0) is 0 Å². The summed E-state index contributed by atoms with van der Waals surface area (Å²) >= 11 is 0. The van der Waals surface area contributed by atoms with Crippen molar-refractivity contribution < 1.29 is 5.11 Å². The third-order valence-electron chi connectivity index (χ3n) is 4.27. The Morgan fingerprint density at radius 2 is 1.80 bits per heavy atom. The second kappa shape index (κ2) is 16.7. The second-order valence-corrected chi connectivity index (χ2v) is 6.52. The summed E-state index contributed by atoms with van der Waals surface area (Å²) in [6.07, 6.45) is 13.0. The molecule has 6 heteroatoms. The van der Waals surface area contributed by atoms with Crippen LogP contribution in [0.4, 0.5) is 0 Å². The summed E-state index contributed by atoms with van der Waals surface area (Å²) in [5.41, 5.74) is 0. The number of unbranched alkanes of at least 4 members (excludes halogenated alkanes) is 6. The maximum absolute atomic E-state index is 9.08. The molecule has 1 rings (SSSR count). The van der Waals surface area contributed by atoms with E-state index >= 15 is 0 Å². The van der Waals surface area contributed by atoms with Gasteiger partial charge < -0.3 is 20.6 Å². The van der Waals surface area contributed by atoms with Crippen molar-refractivity contribution in [2.45, 2.75) is 71.6 Å². The standard InChI is InChI=1S/C19H38N4O.BrH/c1-3-5-7-9-13-20-18-12-16-23(15-11-17-24)19(22-18)21-14-10-8-6-4-2;/h12,20,24H,3-11,13-17H2,1-2H3,(H,21,22);1H. The molecule has 0 aromatic carbocycles. The largest absolute Gasteiger partial charge is 0.396 e. The Morgan fingerprint density at radius 3 is 2.48 bits per heavy atom. The lowest BCUT2D eigenvalue weighted by Crippen LogP contribution is -2.48. The molecule has 0 amide bonds. The van der Waals surface area contributed by atoms with Gasteiger partial charge in [-0.1, -0.05) is 52.4 Å². The first-order valence-corrected chi connectivity index (χ1v) is 9.93. The fourth-order valence-electron chi connectivity index (χ4n) is 2.75. The molecule has 0 fully saturated rings. The molecule has 3 N–H and O–H groups in total. The third kappa shape index (κ3) is 11.5. The van der Waals surface area contributed by atoms with Crippen LogP contribution in [0.1, 0.15) is 71.6 Å². The van der Waals surface area contributed by atoms with E-state index in [0.29, 0.717) is 0 Å². The van der Waals surface area contributed by atoms with Gasteiger partial charge in [0.25, 0.3) is 0 Å². The lowest BCUT2D eigenvalue weighted by molar-refractivity contribution is 0.268. The van der Waals surface area contributed by atoms with Crippen molar-refractivity contribution in [2.24, 2.45) is 4.99 Å². The van der Waals surface area contributed by atoms with E-state index in [1.165, 1.54) is 44.9 Å². The van der Waals surface area contributed by atoms with Crippen LogP contribution in [0.5, 0.6) is 0 Å². The number of nitrogens with zero attached hydrogens (tertiary/aromatic N) is 2. The van der Waals surface area contributed by atoms with E-state index in [1.807, 2.05) is 0 Å². The number of nitrogens with one attached hydrogen (secondary N) is 2. The fourth-order valence-corrected chi connectivity index (χ4v) is 2.75. The van der Waals surface area contributed by atoms with Crippen molar-refractivity contribution >= 4 is 22.9 Å². The van der Waals surface area contributed by atoms with Crippen LogP contribution in [-0.4, -0.2) is 48.8 Å². The Balaban J connectivity index is 0.00000576. The number of aliphatic imine (C=N–C) groups is 1.